The van der Waals surface area contributed by atoms with Gasteiger partial charge in [0, 0.05) is 0 Å². The molecule has 0 aromatic heterocycles. The zero-order valence-electron chi connectivity index (χ0n) is 10.5. The van der Waals surface area contributed by atoms with Gasteiger partial charge in [-0.2, -0.15) is 0 Å². The molecule has 0 bridgehead atoms. The fourth-order valence-electron chi connectivity index (χ4n) is 1.47. The van der Waals surface area contributed by atoms with Crippen molar-refractivity contribution >= 4 is 16.5 Å². The van der Waals surface area contributed by atoms with Crippen molar-refractivity contribution in [2.24, 2.45) is 5.92 Å². The second-order valence-electron chi connectivity index (χ2n) is 4.27. The molecule has 0 aliphatic heterocycles. The summed E-state index contributed by atoms with van der Waals surface area (Å²) in [5.41, 5.74) is 0. The number of amides is 2. The molecule has 2 atom stereocenters. The quantitative estimate of drug-likeness (QED) is 0.777. The van der Waals surface area contributed by atoms with Gasteiger partial charge < -0.3 is 0 Å². The SMILES string of the molecule is CC(=O)N(C)C(C(=O)NC(C)[CH]=[V])C(C)C. The van der Waals surface area contributed by atoms with Crippen molar-refractivity contribution in [2.75, 3.05) is 7.05 Å². The molecule has 0 aliphatic rings. The molecule has 4 nitrogen and oxygen atoms in total. The van der Waals surface area contributed by atoms with Gasteiger partial charge in [0.25, 0.3) is 0 Å². The second-order valence-corrected chi connectivity index (χ2v) is 4.73. The van der Waals surface area contributed by atoms with E-state index in [0.29, 0.717) is 0 Å². The van der Waals surface area contributed by atoms with Crippen LogP contribution >= 0.6 is 0 Å². The molecule has 0 aromatic carbocycles. The number of likely N-dealkylation sites (N-methyl/N-ethyl adjacent to an activating group) is 1. The molecule has 0 aliphatic carbocycles. The summed E-state index contributed by atoms with van der Waals surface area (Å²) in [4.78, 5) is 24.7. The fraction of sp³-hybridized carbons (Fsp3) is 0.727. The van der Waals surface area contributed by atoms with Crippen LogP contribution in [0, 0.1) is 5.92 Å². The van der Waals surface area contributed by atoms with Crippen LogP contribution in [0.2, 0.25) is 0 Å². The van der Waals surface area contributed by atoms with E-state index in [9.17, 15) is 9.59 Å². The van der Waals surface area contributed by atoms with Gasteiger partial charge in [-0.05, 0) is 0 Å². The number of carbonyl (C=O) groups excluding carboxylic acids is 2. The molecule has 1 N–H and O–H groups in total. The first-order chi connectivity index (χ1) is 7.31. The predicted octanol–water partition coefficient (Wildman–Crippen LogP) is 0.343. The van der Waals surface area contributed by atoms with Gasteiger partial charge >= 0.3 is 106 Å². The molecule has 0 aromatic rings. The molecule has 2 unspecified atom stereocenters. The van der Waals surface area contributed by atoms with Crippen LogP contribution in [0.4, 0.5) is 0 Å². The zero-order valence-corrected chi connectivity index (χ0v) is 11.9. The molecule has 0 fully saturated rings. The van der Waals surface area contributed by atoms with Gasteiger partial charge in [0.1, 0.15) is 0 Å². The summed E-state index contributed by atoms with van der Waals surface area (Å²) in [5.74, 6) is -0.118. The summed E-state index contributed by atoms with van der Waals surface area (Å²) in [7, 11) is 1.66. The molecule has 0 rings (SSSR count). The average Bonchev–Trinajstić information content (AvgIpc) is 2.16. The van der Waals surface area contributed by atoms with Crippen molar-refractivity contribution < 1.29 is 26.6 Å². The van der Waals surface area contributed by atoms with E-state index in [1.807, 2.05) is 25.5 Å². The average molecular weight is 263 g/mol. The molecule has 0 saturated carbocycles. The van der Waals surface area contributed by atoms with Crippen LogP contribution in [0.15, 0.2) is 0 Å². The van der Waals surface area contributed by atoms with Gasteiger partial charge in [-0.25, -0.2) is 0 Å². The van der Waals surface area contributed by atoms with Crippen LogP contribution in [0.5, 0.6) is 0 Å². The minimum atomic E-state index is -0.410. The normalized spacial score (nSPS) is 14.1. The van der Waals surface area contributed by atoms with E-state index in [4.69, 9.17) is 0 Å². The van der Waals surface area contributed by atoms with E-state index in [2.05, 4.69) is 22.3 Å². The van der Waals surface area contributed by atoms with Crippen molar-refractivity contribution in [3.05, 3.63) is 0 Å². The van der Waals surface area contributed by atoms with Gasteiger partial charge in [-0.3, -0.25) is 0 Å². The Kier molecular flexibility index (Phi) is 6.61. The molecule has 0 heterocycles. The molecule has 16 heavy (non-hydrogen) atoms. The Morgan fingerprint density at radius 1 is 1.31 bits per heavy atom. The molecule has 0 spiro atoms. The van der Waals surface area contributed by atoms with Crippen molar-refractivity contribution in [1.82, 2.24) is 10.2 Å². The fourth-order valence-corrected chi connectivity index (χ4v) is 1.59. The van der Waals surface area contributed by atoms with E-state index in [0.717, 1.165) is 0 Å². The Labute approximate surface area is 106 Å². The Hall–Kier alpha value is -0.606. The topological polar surface area (TPSA) is 49.4 Å². The monoisotopic (exact) mass is 263 g/mol. The van der Waals surface area contributed by atoms with Crippen LogP contribution in [0.1, 0.15) is 27.7 Å². The second kappa shape index (κ2) is 6.87. The van der Waals surface area contributed by atoms with Gasteiger partial charge in [0.05, 0.1) is 0 Å². The molecule has 0 saturated heterocycles. The van der Waals surface area contributed by atoms with Gasteiger partial charge in [0.15, 0.2) is 0 Å². The maximum atomic E-state index is 12.0. The standard InChI is InChI=1S/C11H20N2O2.V/c1-7(2)10(13(6)9(5)14)11(15)12-8(3)4;/h3,7-8,10H,1-2,4-6H3,(H,12,15);. The summed E-state index contributed by atoms with van der Waals surface area (Å²) >= 11 is 2.32. The van der Waals surface area contributed by atoms with E-state index in [1.54, 1.807) is 7.05 Å². The Morgan fingerprint density at radius 2 is 1.81 bits per heavy atom. The molecule has 0 radical (unpaired) electrons. The molecule has 2 amide bonds. The third kappa shape index (κ3) is 4.50. The Balaban J connectivity index is 4.72. The Morgan fingerprint density at radius 3 is 2.12 bits per heavy atom. The van der Waals surface area contributed by atoms with Crippen molar-refractivity contribution in [3.8, 4) is 0 Å². The third-order valence-electron chi connectivity index (χ3n) is 2.41. The van der Waals surface area contributed by atoms with E-state index >= 15 is 0 Å². The van der Waals surface area contributed by atoms with Crippen LogP contribution < -0.4 is 5.32 Å². The van der Waals surface area contributed by atoms with E-state index < -0.39 is 6.04 Å². The number of nitrogens with one attached hydrogen (secondary N) is 1. The van der Waals surface area contributed by atoms with Crippen LogP contribution in [0.25, 0.3) is 0 Å². The molecule has 91 valence electrons. The number of carbonyl (C=O) groups is 2. The number of hydrogen-bond acceptors (Lipinski definition) is 2. The minimum absolute atomic E-state index is 0.00546. The molecule has 5 heteroatoms. The van der Waals surface area contributed by atoms with Crippen LogP contribution in [-0.4, -0.2) is 40.6 Å². The van der Waals surface area contributed by atoms with Gasteiger partial charge in [-0.1, -0.05) is 0 Å². The summed E-state index contributed by atoms with van der Waals surface area (Å²) in [6.07, 6.45) is 0. The molecular weight excluding hydrogens is 243 g/mol. The van der Waals surface area contributed by atoms with Crippen molar-refractivity contribution in [3.63, 3.8) is 0 Å². The zero-order chi connectivity index (χ0) is 12.9. The van der Waals surface area contributed by atoms with E-state index in [-0.39, 0.29) is 23.8 Å². The summed E-state index contributed by atoms with van der Waals surface area (Å²) in [5, 5.41) is 2.84. The third-order valence-corrected chi connectivity index (χ3v) is 3.11. The first-order valence-corrected chi connectivity index (χ1v) is 6.13. The first kappa shape index (κ1) is 15.4. The van der Waals surface area contributed by atoms with Crippen molar-refractivity contribution in [1.29, 1.82) is 0 Å². The summed E-state index contributed by atoms with van der Waals surface area (Å²) in [6.45, 7) is 7.22. The summed E-state index contributed by atoms with van der Waals surface area (Å²) < 4.78 is 1.84. The summed E-state index contributed by atoms with van der Waals surface area (Å²) in [6, 6.07) is -0.415. The number of rotatable bonds is 5. The Bertz CT molecular complexity index is 279. The number of hydrogen-bond donors (Lipinski definition) is 1. The van der Waals surface area contributed by atoms with Gasteiger partial charge in [0.2, 0.25) is 0 Å². The van der Waals surface area contributed by atoms with Gasteiger partial charge in [-0.15, -0.1) is 0 Å². The first-order valence-electron chi connectivity index (χ1n) is 5.32. The maximum absolute atomic E-state index is 12.0. The van der Waals surface area contributed by atoms with Crippen LogP contribution in [0.3, 0.4) is 0 Å². The van der Waals surface area contributed by atoms with Crippen molar-refractivity contribution in [2.45, 2.75) is 39.8 Å². The van der Waals surface area contributed by atoms with E-state index in [1.165, 1.54) is 11.8 Å². The predicted molar refractivity (Wildman–Crippen MR) is 60.7 cm³/mol. The molecular formula is C11H20N2O2V. The van der Waals surface area contributed by atoms with Crippen LogP contribution in [-0.2, 0) is 26.6 Å². The number of nitrogens with zero attached hydrogens (tertiary/aromatic N) is 1.